The van der Waals surface area contributed by atoms with Crippen molar-refractivity contribution in [3.63, 3.8) is 0 Å². The Labute approximate surface area is 127 Å². The lowest BCUT2D eigenvalue weighted by molar-refractivity contribution is -0.137. The quantitative estimate of drug-likeness (QED) is 0.723. The number of fused-ring (bicyclic) bond motifs is 3. The number of hydrogen-bond donors (Lipinski definition) is 2. The minimum Gasteiger partial charge on any atom is -0.481 e. The first kappa shape index (κ1) is 13.8. The Balaban J connectivity index is 2.30. The number of nitrogens with zero attached hydrogens (tertiary/aromatic N) is 1. The fraction of sp³-hybridized carbons (Fsp3) is 0.154. The first-order valence-corrected chi connectivity index (χ1v) is 6.82. The van der Waals surface area contributed by atoms with Crippen LogP contribution in [-0.4, -0.2) is 20.6 Å². The van der Waals surface area contributed by atoms with Crippen molar-refractivity contribution in [2.45, 2.75) is 13.0 Å². The fourth-order valence-electron chi connectivity index (χ4n) is 2.14. The molecule has 3 rings (SSSR count). The summed E-state index contributed by atoms with van der Waals surface area (Å²) >= 11 is 11.1. The highest BCUT2D eigenvalue weighted by atomic mass is 35.5. The Morgan fingerprint density at radius 1 is 1.48 bits per heavy atom. The molecular weight excluding hydrogens is 316 g/mol. The van der Waals surface area contributed by atoms with Gasteiger partial charge in [0, 0.05) is 17.0 Å². The summed E-state index contributed by atoms with van der Waals surface area (Å²) < 4.78 is 6.85. The third-order valence-corrected chi connectivity index (χ3v) is 3.67. The molecule has 0 amide bonds. The number of carbonyl (C=O) groups is 1. The number of benzene rings is 1. The van der Waals surface area contributed by atoms with Crippen LogP contribution in [0.3, 0.4) is 0 Å². The molecule has 0 aliphatic heterocycles. The second kappa shape index (κ2) is 5.01. The monoisotopic (exact) mass is 324 g/mol. The molecule has 0 aliphatic carbocycles. The van der Waals surface area contributed by atoms with Crippen LogP contribution in [0, 0.1) is 4.77 Å². The Bertz CT molecular complexity index is 985. The standard InChI is InChI=1S/C13H9ClN2O4S/c14-6-1-2-8-7(5-6)10-11(20-8)12(19)16(13(21)15-10)4-3-9(17)18/h1-2,5H,3-4H2,(H,15,21)(H,17,18). The van der Waals surface area contributed by atoms with Gasteiger partial charge in [-0.3, -0.25) is 14.2 Å². The molecule has 2 heterocycles. The largest absolute Gasteiger partial charge is 0.481 e. The van der Waals surface area contributed by atoms with Crippen molar-refractivity contribution >= 4 is 51.9 Å². The van der Waals surface area contributed by atoms with E-state index in [2.05, 4.69) is 4.98 Å². The van der Waals surface area contributed by atoms with Crippen LogP contribution in [0.4, 0.5) is 0 Å². The van der Waals surface area contributed by atoms with Gasteiger partial charge in [0.1, 0.15) is 11.1 Å². The molecular formula is C13H9ClN2O4S. The third kappa shape index (κ3) is 2.34. The average molecular weight is 325 g/mol. The number of halogens is 1. The molecule has 2 aromatic heterocycles. The van der Waals surface area contributed by atoms with Gasteiger partial charge < -0.3 is 14.5 Å². The average Bonchev–Trinajstić information content (AvgIpc) is 2.76. The summed E-state index contributed by atoms with van der Waals surface area (Å²) in [5.41, 5.74) is 0.621. The van der Waals surface area contributed by atoms with Crippen LogP contribution < -0.4 is 5.56 Å². The number of rotatable bonds is 3. The number of aliphatic carboxylic acids is 1. The summed E-state index contributed by atoms with van der Waals surface area (Å²) in [4.78, 5) is 25.9. The van der Waals surface area contributed by atoms with Crippen molar-refractivity contribution in [1.29, 1.82) is 0 Å². The Morgan fingerprint density at radius 3 is 2.95 bits per heavy atom. The van der Waals surface area contributed by atoms with E-state index in [9.17, 15) is 9.59 Å². The highest BCUT2D eigenvalue weighted by Crippen LogP contribution is 2.27. The molecule has 0 atom stereocenters. The zero-order valence-corrected chi connectivity index (χ0v) is 12.1. The number of H-pyrrole nitrogens is 1. The maximum absolute atomic E-state index is 12.4. The summed E-state index contributed by atoms with van der Waals surface area (Å²) in [6.45, 7) is -0.0166. The molecule has 3 aromatic rings. The summed E-state index contributed by atoms with van der Waals surface area (Å²) in [7, 11) is 0. The maximum Gasteiger partial charge on any atom is 0.305 e. The highest BCUT2D eigenvalue weighted by Gasteiger charge is 2.14. The van der Waals surface area contributed by atoms with Crippen LogP contribution in [0.1, 0.15) is 6.42 Å². The van der Waals surface area contributed by atoms with Gasteiger partial charge in [-0.2, -0.15) is 0 Å². The van der Waals surface area contributed by atoms with Crippen LogP contribution in [-0.2, 0) is 11.3 Å². The van der Waals surface area contributed by atoms with Crippen molar-refractivity contribution < 1.29 is 14.3 Å². The van der Waals surface area contributed by atoms with Gasteiger partial charge in [0.25, 0.3) is 5.56 Å². The fourth-order valence-corrected chi connectivity index (χ4v) is 2.59. The van der Waals surface area contributed by atoms with Crippen molar-refractivity contribution in [2.24, 2.45) is 0 Å². The van der Waals surface area contributed by atoms with Gasteiger partial charge in [0.2, 0.25) is 5.58 Å². The topological polar surface area (TPSA) is 88.2 Å². The van der Waals surface area contributed by atoms with Crippen molar-refractivity contribution in [3.05, 3.63) is 38.3 Å². The second-order valence-corrected chi connectivity index (χ2v) is 5.30. The maximum atomic E-state index is 12.4. The predicted octanol–water partition coefficient (Wildman–Crippen LogP) is 2.93. The summed E-state index contributed by atoms with van der Waals surface area (Å²) in [6, 6.07) is 4.99. The number of aromatic amines is 1. The molecule has 0 spiro atoms. The molecule has 6 nitrogen and oxygen atoms in total. The van der Waals surface area contributed by atoms with Gasteiger partial charge >= 0.3 is 5.97 Å². The van der Waals surface area contributed by atoms with Gasteiger partial charge in [0.15, 0.2) is 4.77 Å². The number of carboxylic acid groups (broad SMARTS) is 1. The van der Waals surface area contributed by atoms with E-state index in [1.807, 2.05) is 0 Å². The van der Waals surface area contributed by atoms with E-state index in [1.54, 1.807) is 18.2 Å². The normalized spacial score (nSPS) is 11.3. The van der Waals surface area contributed by atoms with Crippen LogP contribution >= 0.6 is 23.8 Å². The molecule has 0 saturated heterocycles. The molecule has 8 heteroatoms. The molecule has 0 unspecified atom stereocenters. The molecule has 108 valence electrons. The number of carboxylic acids is 1. The van der Waals surface area contributed by atoms with Crippen LogP contribution in [0.5, 0.6) is 0 Å². The number of nitrogens with one attached hydrogen (secondary N) is 1. The highest BCUT2D eigenvalue weighted by molar-refractivity contribution is 7.71. The van der Waals surface area contributed by atoms with Crippen LogP contribution in [0.25, 0.3) is 22.1 Å². The van der Waals surface area contributed by atoms with E-state index < -0.39 is 11.5 Å². The first-order valence-electron chi connectivity index (χ1n) is 6.04. The van der Waals surface area contributed by atoms with Crippen LogP contribution in [0.15, 0.2) is 27.4 Å². The van der Waals surface area contributed by atoms with Gasteiger partial charge in [0.05, 0.1) is 6.42 Å². The Kier molecular flexibility index (Phi) is 3.30. The number of hydrogen-bond acceptors (Lipinski definition) is 4. The summed E-state index contributed by atoms with van der Waals surface area (Å²) in [5, 5.41) is 9.89. The minimum absolute atomic E-state index is 0.0166. The Morgan fingerprint density at radius 2 is 2.24 bits per heavy atom. The van der Waals surface area contributed by atoms with E-state index in [0.29, 0.717) is 21.5 Å². The van der Waals surface area contributed by atoms with E-state index >= 15 is 0 Å². The Hall–Kier alpha value is -2.12. The van der Waals surface area contributed by atoms with Gasteiger partial charge in [-0.15, -0.1) is 0 Å². The van der Waals surface area contributed by atoms with E-state index in [0.717, 1.165) is 0 Å². The van der Waals surface area contributed by atoms with E-state index in [4.69, 9.17) is 33.3 Å². The molecule has 0 bridgehead atoms. The number of aromatic nitrogens is 2. The zero-order chi connectivity index (χ0) is 15.1. The van der Waals surface area contributed by atoms with Gasteiger partial charge in [-0.05, 0) is 30.4 Å². The van der Waals surface area contributed by atoms with Gasteiger partial charge in [-0.25, -0.2) is 0 Å². The lowest BCUT2D eigenvalue weighted by Gasteiger charge is -2.03. The second-order valence-electron chi connectivity index (χ2n) is 4.48. The molecule has 0 saturated carbocycles. The molecule has 0 aliphatic rings. The van der Waals surface area contributed by atoms with Crippen molar-refractivity contribution in [3.8, 4) is 0 Å². The lowest BCUT2D eigenvalue weighted by atomic mass is 10.2. The molecule has 0 fully saturated rings. The van der Waals surface area contributed by atoms with E-state index in [-0.39, 0.29) is 23.3 Å². The zero-order valence-electron chi connectivity index (χ0n) is 10.6. The summed E-state index contributed by atoms with van der Waals surface area (Å²) in [6.07, 6.45) is -0.199. The predicted molar refractivity (Wildman–Crippen MR) is 80.4 cm³/mol. The lowest BCUT2D eigenvalue weighted by Crippen LogP contribution is -2.23. The van der Waals surface area contributed by atoms with Crippen molar-refractivity contribution in [1.82, 2.24) is 9.55 Å². The molecule has 21 heavy (non-hydrogen) atoms. The van der Waals surface area contributed by atoms with Crippen LogP contribution in [0.2, 0.25) is 5.02 Å². The first-order chi connectivity index (χ1) is 9.97. The molecule has 1 aromatic carbocycles. The van der Waals surface area contributed by atoms with E-state index in [1.165, 1.54) is 4.57 Å². The van der Waals surface area contributed by atoms with Gasteiger partial charge in [-0.1, -0.05) is 11.6 Å². The third-order valence-electron chi connectivity index (χ3n) is 3.12. The molecule has 0 radical (unpaired) electrons. The summed E-state index contributed by atoms with van der Waals surface area (Å²) in [5.74, 6) is -1.01. The van der Waals surface area contributed by atoms with Crippen molar-refractivity contribution in [2.75, 3.05) is 0 Å². The minimum atomic E-state index is -1.01. The molecule has 2 N–H and O–H groups in total. The SMILES string of the molecule is O=C(O)CCn1c(=S)[nH]c2c(oc3ccc(Cl)cc32)c1=O. The number of furan rings is 1. The smallest absolute Gasteiger partial charge is 0.305 e.